The number of hydrogen-bond acceptors (Lipinski definition) is 3. The van der Waals surface area contributed by atoms with Crippen molar-refractivity contribution in [2.24, 2.45) is 5.73 Å². The molecule has 0 fully saturated rings. The molecule has 1 rings (SSSR count). The van der Waals surface area contributed by atoms with Crippen LogP contribution in [0.25, 0.3) is 0 Å². The molecule has 0 spiro atoms. The number of nitrogens with two attached hydrogens (primary N) is 1. The van der Waals surface area contributed by atoms with Crippen molar-refractivity contribution in [2.45, 2.75) is 13.3 Å². The van der Waals surface area contributed by atoms with E-state index in [-0.39, 0.29) is 5.82 Å². The Morgan fingerprint density at radius 3 is 2.88 bits per heavy atom. The predicted molar refractivity (Wildman–Crippen MR) is 61.7 cm³/mol. The normalized spacial score (nSPS) is 11.9. The number of aromatic nitrogens is 3. The van der Waals surface area contributed by atoms with E-state index in [1.54, 1.807) is 6.08 Å². The number of carbonyl (C=O) groups is 1. The van der Waals surface area contributed by atoms with Crippen LogP contribution in [0, 0.1) is 0 Å². The van der Waals surface area contributed by atoms with Gasteiger partial charge in [0.2, 0.25) is 5.82 Å². The van der Waals surface area contributed by atoms with E-state index >= 15 is 0 Å². The Hall–Kier alpha value is -2.17. The van der Waals surface area contributed by atoms with Gasteiger partial charge in [0, 0.05) is 6.42 Å². The number of nitrogens with zero attached hydrogens (tertiary/aromatic N) is 2. The number of rotatable bonds is 5. The molecule has 0 atom stereocenters. The van der Waals surface area contributed by atoms with Gasteiger partial charge in [0.1, 0.15) is 5.82 Å². The number of carbonyl (C=O) groups excluding carboxylic acids is 1. The lowest BCUT2D eigenvalue weighted by molar-refractivity contribution is 0.0991. The van der Waals surface area contributed by atoms with Crippen molar-refractivity contribution in [3.63, 3.8) is 0 Å². The standard InChI is InChI=1S/C11H14N4O/c1-3-5-6-8(4-2)7-9-13-11(10(12)16)15-14-9/h3-6H,1,7H2,2H3,(H2,12,16)(H,13,14,15)/b6-5-,8-4+. The number of allylic oxidation sites excluding steroid dienone is 5. The molecular formula is C11H14N4O. The van der Waals surface area contributed by atoms with Crippen molar-refractivity contribution in [3.05, 3.63) is 48.1 Å². The van der Waals surface area contributed by atoms with Crippen LogP contribution in [0.4, 0.5) is 0 Å². The van der Waals surface area contributed by atoms with Gasteiger partial charge in [0.05, 0.1) is 0 Å². The smallest absolute Gasteiger partial charge is 0.288 e. The number of amides is 1. The first kappa shape index (κ1) is 11.9. The fourth-order valence-electron chi connectivity index (χ4n) is 1.13. The summed E-state index contributed by atoms with van der Waals surface area (Å²) < 4.78 is 0. The van der Waals surface area contributed by atoms with E-state index in [4.69, 9.17) is 5.73 Å². The molecule has 0 bridgehead atoms. The van der Waals surface area contributed by atoms with Crippen molar-refractivity contribution in [1.82, 2.24) is 15.2 Å². The summed E-state index contributed by atoms with van der Waals surface area (Å²) in [6.45, 7) is 5.52. The summed E-state index contributed by atoms with van der Waals surface area (Å²) in [4.78, 5) is 14.7. The molecule has 5 nitrogen and oxygen atoms in total. The zero-order valence-corrected chi connectivity index (χ0v) is 9.10. The second-order valence-electron chi connectivity index (χ2n) is 3.11. The minimum absolute atomic E-state index is 0.0122. The summed E-state index contributed by atoms with van der Waals surface area (Å²) in [5.41, 5.74) is 6.09. The van der Waals surface area contributed by atoms with Gasteiger partial charge in [-0.1, -0.05) is 30.9 Å². The van der Waals surface area contributed by atoms with Crippen LogP contribution in [0.3, 0.4) is 0 Å². The second-order valence-corrected chi connectivity index (χ2v) is 3.11. The Labute approximate surface area is 93.8 Å². The highest BCUT2D eigenvalue weighted by Crippen LogP contribution is 2.05. The average Bonchev–Trinajstić information content (AvgIpc) is 2.72. The molecule has 0 aliphatic carbocycles. The molecule has 0 radical (unpaired) electrons. The third-order valence-corrected chi connectivity index (χ3v) is 1.94. The molecule has 1 heterocycles. The predicted octanol–water partition coefficient (Wildman–Crippen LogP) is 1.13. The number of primary amides is 1. The first-order chi connectivity index (χ1) is 7.67. The van der Waals surface area contributed by atoms with Crippen molar-refractivity contribution in [2.75, 3.05) is 0 Å². The van der Waals surface area contributed by atoms with Crippen molar-refractivity contribution in [1.29, 1.82) is 0 Å². The lowest BCUT2D eigenvalue weighted by atomic mass is 10.1. The first-order valence-electron chi connectivity index (χ1n) is 4.82. The summed E-state index contributed by atoms with van der Waals surface area (Å²) in [5.74, 6) is -0.0140. The van der Waals surface area contributed by atoms with E-state index in [9.17, 15) is 4.79 Å². The summed E-state index contributed by atoms with van der Waals surface area (Å²) in [6, 6.07) is 0. The van der Waals surface area contributed by atoms with Crippen LogP contribution in [-0.4, -0.2) is 21.1 Å². The third kappa shape index (κ3) is 3.20. The highest BCUT2D eigenvalue weighted by molar-refractivity contribution is 5.88. The number of nitrogens with one attached hydrogen (secondary N) is 1. The van der Waals surface area contributed by atoms with Crippen LogP contribution in [0.2, 0.25) is 0 Å². The lowest BCUT2D eigenvalue weighted by Crippen LogP contribution is -2.12. The van der Waals surface area contributed by atoms with Crippen LogP contribution in [-0.2, 0) is 6.42 Å². The first-order valence-corrected chi connectivity index (χ1v) is 4.82. The van der Waals surface area contributed by atoms with Crippen LogP contribution in [0.15, 0.2) is 36.5 Å². The van der Waals surface area contributed by atoms with Crippen LogP contribution < -0.4 is 5.73 Å². The fraction of sp³-hybridized carbons (Fsp3) is 0.182. The minimum Gasteiger partial charge on any atom is -0.363 e. The van der Waals surface area contributed by atoms with Gasteiger partial charge in [-0.3, -0.25) is 9.89 Å². The molecule has 0 saturated carbocycles. The monoisotopic (exact) mass is 218 g/mol. The molecule has 0 aliphatic rings. The Bertz CT molecular complexity index is 443. The van der Waals surface area contributed by atoms with Crippen molar-refractivity contribution >= 4 is 5.91 Å². The number of aromatic amines is 1. The van der Waals surface area contributed by atoms with Crippen molar-refractivity contribution in [3.8, 4) is 0 Å². The van der Waals surface area contributed by atoms with Gasteiger partial charge in [-0.2, -0.15) is 0 Å². The number of H-pyrrole nitrogens is 1. The fourth-order valence-corrected chi connectivity index (χ4v) is 1.13. The molecule has 1 amide bonds. The highest BCUT2D eigenvalue weighted by atomic mass is 16.1. The van der Waals surface area contributed by atoms with Gasteiger partial charge < -0.3 is 5.73 Å². The minimum atomic E-state index is -0.633. The maximum Gasteiger partial charge on any atom is 0.288 e. The molecule has 1 aromatic heterocycles. The molecule has 0 saturated heterocycles. The molecule has 5 heteroatoms. The molecule has 3 N–H and O–H groups in total. The molecule has 0 aliphatic heterocycles. The second kappa shape index (κ2) is 5.65. The zero-order valence-electron chi connectivity index (χ0n) is 9.10. The van der Waals surface area contributed by atoms with Gasteiger partial charge in [0.25, 0.3) is 5.91 Å². The Morgan fingerprint density at radius 1 is 1.62 bits per heavy atom. The van der Waals surface area contributed by atoms with Gasteiger partial charge in [0.15, 0.2) is 0 Å². The van der Waals surface area contributed by atoms with Gasteiger partial charge >= 0.3 is 0 Å². The van der Waals surface area contributed by atoms with Gasteiger partial charge in [-0.05, 0) is 12.5 Å². The van der Waals surface area contributed by atoms with Crippen LogP contribution in [0.5, 0.6) is 0 Å². The molecule has 0 aromatic carbocycles. The Morgan fingerprint density at radius 2 is 2.38 bits per heavy atom. The van der Waals surface area contributed by atoms with E-state index in [2.05, 4.69) is 21.8 Å². The molecule has 1 aromatic rings. The summed E-state index contributed by atoms with van der Waals surface area (Å²) in [6.07, 6.45) is 7.96. The third-order valence-electron chi connectivity index (χ3n) is 1.94. The van der Waals surface area contributed by atoms with Crippen LogP contribution in [0.1, 0.15) is 23.4 Å². The van der Waals surface area contributed by atoms with Crippen molar-refractivity contribution < 1.29 is 4.79 Å². The number of hydrogen-bond donors (Lipinski definition) is 2. The summed E-state index contributed by atoms with van der Waals surface area (Å²) in [5, 5.41) is 6.37. The quantitative estimate of drug-likeness (QED) is 0.726. The lowest BCUT2D eigenvalue weighted by Gasteiger charge is -1.96. The zero-order chi connectivity index (χ0) is 12.0. The molecule has 0 unspecified atom stereocenters. The largest absolute Gasteiger partial charge is 0.363 e. The SMILES string of the molecule is C=C/C=C\C(=C/C)Cc1nc(C(N)=O)n[nH]1. The van der Waals surface area contributed by atoms with Gasteiger partial charge in [-0.15, -0.1) is 5.10 Å². The molecule has 84 valence electrons. The van der Waals surface area contributed by atoms with E-state index in [0.29, 0.717) is 12.2 Å². The Balaban J connectivity index is 2.75. The average molecular weight is 218 g/mol. The Kier molecular flexibility index (Phi) is 4.20. The molecule has 16 heavy (non-hydrogen) atoms. The maximum atomic E-state index is 10.8. The van der Waals surface area contributed by atoms with E-state index in [1.165, 1.54) is 0 Å². The highest BCUT2D eigenvalue weighted by Gasteiger charge is 2.08. The van der Waals surface area contributed by atoms with E-state index in [0.717, 1.165) is 5.57 Å². The topological polar surface area (TPSA) is 84.7 Å². The van der Waals surface area contributed by atoms with Crippen LogP contribution >= 0.6 is 0 Å². The van der Waals surface area contributed by atoms with Gasteiger partial charge in [-0.25, -0.2) is 4.98 Å². The summed E-state index contributed by atoms with van der Waals surface area (Å²) in [7, 11) is 0. The summed E-state index contributed by atoms with van der Waals surface area (Å²) >= 11 is 0. The molecular weight excluding hydrogens is 204 g/mol. The van der Waals surface area contributed by atoms with E-state index in [1.807, 2.05) is 25.2 Å². The maximum absolute atomic E-state index is 10.8. The van der Waals surface area contributed by atoms with E-state index < -0.39 is 5.91 Å².